The van der Waals surface area contributed by atoms with E-state index in [0.717, 1.165) is 50.5 Å². The van der Waals surface area contributed by atoms with Crippen LogP contribution in [0, 0.1) is 0 Å². The lowest BCUT2D eigenvalue weighted by molar-refractivity contribution is 0.405. The van der Waals surface area contributed by atoms with Crippen molar-refractivity contribution >= 4 is 5.82 Å². The molecular formula is C19H23N7. The van der Waals surface area contributed by atoms with Crippen molar-refractivity contribution in [1.29, 1.82) is 0 Å². The predicted molar refractivity (Wildman–Crippen MR) is 99.7 cm³/mol. The predicted octanol–water partition coefficient (Wildman–Crippen LogP) is 1.87. The zero-order valence-electron chi connectivity index (χ0n) is 14.7. The number of piperidine rings is 1. The van der Waals surface area contributed by atoms with E-state index in [-0.39, 0.29) is 0 Å². The van der Waals surface area contributed by atoms with Crippen LogP contribution in [0.1, 0.15) is 24.1 Å². The number of anilines is 1. The highest BCUT2D eigenvalue weighted by molar-refractivity contribution is 5.36. The minimum absolute atomic E-state index is 0.503. The van der Waals surface area contributed by atoms with E-state index in [9.17, 15) is 0 Å². The third kappa shape index (κ3) is 4.05. The fourth-order valence-corrected chi connectivity index (χ4v) is 3.33. The summed E-state index contributed by atoms with van der Waals surface area (Å²) in [4.78, 5) is 2.30. The molecule has 1 aromatic carbocycles. The Morgan fingerprint density at radius 3 is 2.62 bits per heavy atom. The van der Waals surface area contributed by atoms with E-state index < -0.39 is 0 Å². The van der Waals surface area contributed by atoms with Gasteiger partial charge in [-0.05, 0) is 30.5 Å². The van der Waals surface area contributed by atoms with E-state index in [1.165, 1.54) is 5.56 Å². The van der Waals surface area contributed by atoms with Gasteiger partial charge in [0.2, 0.25) is 0 Å². The van der Waals surface area contributed by atoms with Crippen molar-refractivity contribution < 1.29 is 0 Å². The summed E-state index contributed by atoms with van der Waals surface area (Å²) in [6.45, 7) is 3.54. The van der Waals surface area contributed by atoms with Crippen LogP contribution in [0.4, 0.5) is 5.82 Å². The maximum atomic E-state index is 4.23. The Bertz CT molecular complexity index is 795. The smallest absolute Gasteiger partial charge is 0.151 e. The summed E-state index contributed by atoms with van der Waals surface area (Å²) in [6, 6.07) is 14.8. The number of hydrogen-bond donors (Lipinski definition) is 1. The second-order valence-corrected chi connectivity index (χ2v) is 6.59. The van der Waals surface area contributed by atoms with Crippen LogP contribution in [-0.2, 0) is 13.1 Å². The maximum Gasteiger partial charge on any atom is 0.151 e. The van der Waals surface area contributed by atoms with Crippen LogP contribution in [0.15, 0.2) is 54.9 Å². The molecule has 0 amide bonds. The van der Waals surface area contributed by atoms with Crippen LogP contribution in [-0.4, -0.2) is 44.3 Å². The van der Waals surface area contributed by atoms with Crippen molar-refractivity contribution in [2.75, 3.05) is 18.0 Å². The van der Waals surface area contributed by atoms with Crippen molar-refractivity contribution in [1.82, 2.24) is 30.5 Å². The zero-order chi connectivity index (χ0) is 17.6. The van der Waals surface area contributed by atoms with Crippen molar-refractivity contribution in [2.24, 2.45) is 0 Å². The molecule has 2 aromatic heterocycles. The van der Waals surface area contributed by atoms with Gasteiger partial charge in [0.25, 0.3) is 0 Å². The third-order valence-corrected chi connectivity index (χ3v) is 4.82. The number of aromatic nitrogens is 5. The summed E-state index contributed by atoms with van der Waals surface area (Å²) in [5.74, 6) is 0.969. The average Bonchev–Trinajstić information content (AvgIpc) is 3.15. The Balaban J connectivity index is 1.29. The molecule has 0 aliphatic carbocycles. The highest BCUT2D eigenvalue weighted by atomic mass is 15.4. The molecule has 3 aromatic rings. The monoisotopic (exact) mass is 349 g/mol. The number of benzene rings is 1. The summed E-state index contributed by atoms with van der Waals surface area (Å²) in [6.07, 6.45) is 5.75. The van der Waals surface area contributed by atoms with Crippen LogP contribution < -0.4 is 10.2 Å². The second-order valence-electron chi connectivity index (χ2n) is 6.59. The van der Waals surface area contributed by atoms with Gasteiger partial charge < -0.3 is 10.2 Å². The Hall–Kier alpha value is -2.80. The van der Waals surface area contributed by atoms with Gasteiger partial charge in [-0.3, -0.25) is 0 Å². The minimum Gasteiger partial charge on any atom is -0.355 e. The van der Waals surface area contributed by atoms with Gasteiger partial charge in [0.15, 0.2) is 5.82 Å². The van der Waals surface area contributed by atoms with Gasteiger partial charge >= 0.3 is 0 Å². The van der Waals surface area contributed by atoms with Gasteiger partial charge in [0.05, 0.1) is 18.4 Å². The number of rotatable bonds is 6. The van der Waals surface area contributed by atoms with Crippen LogP contribution >= 0.6 is 0 Å². The molecule has 134 valence electrons. The topological polar surface area (TPSA) is 71.8 Å². The van der Waals surface area contributed by atoms with Crippen LogP contribution in [0.2, 0.25) is 0 Å². The standard InChI is InChI=1S/C19H23N7/c1-2-5-16(6-3-1)15-26-18(14-22-24-26)13-20-17-8-11-25(12-9-17)19-7-4-10-21-23-19/h1-7,10,14,17,20H,8-9,11-13,15H2. The molecule has 1 aliphatic heterocycles. The van der Waals surface area contributed by atoms with Gasteiger partial charge in [-0.15, -0.1) is 10.2 Å². The van der Waals surface area contributed by atoms with E-state index in [2.05, 4.69) is 55.0 Å². The third-order valence-electron chi connectivity index (χ3n) is 4.82. The van der Waals surface area contributed by atoms with Crippen LogP contribution in [0.25, 0.3) is 0 Å². The first-order valence-electron chi connectivity index (χ1n) is 9.06. The lowest BCUT2D eigenvalue weighted by Crippen LogP contribution is -2.42. The van der Waals surface area contributed by atoms with Crippen molar-refractivity contribution in [2.45, 2.75) is 32.0 Å². The first-order valence-corrected chi connectivity index (χ1v) is 9.06. The second kappa shape index (κ2) is 8.05. The minimum atomic E-state index is 0.503. The van der Waals surface area contributed by atoms with Crippen LogP contribution in [0.5, 0.6) is 0 Å². The molecule has 0 atom stereocenters. The van der Waals surface area contributed by atoms with E-state index >= 15 is 0 Å². The summed E-state index contributed by atoms with van der Waals surface area (Å²) in [7, 11) is 0. The average molecular weight is 349 g/mol. The molecule has 0 unspecified atom stereocenters. The molecule has 7 nitrogen and oxygen atoms in total. The number of nitrogens with zero attached hydrogens (tertiary/aromatic N) is 6. The highest BCUT2D eigenvalue weighted by Crippen LogP contribution is 2.17. The van der Waals surface area contributed by atoms with Gasteiger partial charge in [0.1, 0.15) is 0 Å². The Morgan fingerprint density at radius 2 is 1.85 bits per heavy atom. The van der Waals surface area contributed by atoms with E-state index in [4.69, 9.17) is 0 Å². The van der Waals surface area contributed by atoms with Crippen molar-refractivity contribution in [3.63, 3.8) is 0 Å². The van der Waals surface area contributed by atoms with Gasteiger partial charge in [-0.2, -0.15) is 5.10 Å². The van der Waals surface area contributed by atoms with Gasteiger partial charge in [-0.25, -0.2) is 4.68 Å². The van der Waals surface area contributed by atoms with Crippen LogP contribution in [0.3, 0.4) is 0 Å². The maximum absolute atomic E-state index is 4.23. The first kappa shape index (κ1) is 16.7. The fourth-order valence-electron chi connectivity index (χ4n) is 3.33. The number of nitrogens with one attached hydrogen (secondary N) is 1. The lowest BCUT2D eigenvalue weighted by atomic mass is 10.0. The quantitative estimate of drug-likeness (QED) is 0.733. The summed E-state index contributed by atoms with van der Waals surface area (Å²) in [5, 5.41) is 20.1. The zero-order valence-corrected chi connectivity index (χ0v) is 14.7. The normalized spacial score (nSPS) is 15.3. The molecule has 0 saturated carbocycles. The highest BCUT2D eigenvalue weighted by Gasteiger charge is 2.20. The van der Waals surface area contributed by atoms with E-state index in [1.807, 2.05) is 29.1 Å². The molecule has 26 heavy (non-hydrogen) atoms. The number of hydrogen-bond acceptors (Lipinski definition) is 6. The molecule has 0 spiro atoms. The fraction of sp³-hybridized carbons (Fsp3) is 0.368. The summed E-state index contributed by atoms with van der Waals surface area (Å²) < 4.78 is 1.97. The van der Waals surface area contributed by atoms with Gasteiger partial charge in [0, 0.05) is 31.9 Å². The largest absolute Gasteiger partial charge is 0.355 e. The summed E-state index contributed by atoms with van der Waals surface area (Å²) in [5.41, 5.74) is 2.35. The Kier molecular flexibility index (Phi) is 5.16. The Morgan fingerprint density at radius 1 is 1.00 bits per heavy atom. The molecule has 1 fully saturated rings. The van der Waals surface area contributed by atoms with E-state index in [0.29, 0.717) is 6.04 Å². The molecule has 4 rings (SSSR count). The first-order chi connectivity index (χ1) is 12.9. The molecule has 0 radical (unpaired) electrons. The SMILES string of the molecule is c1ccc(Cn2nncc2CNC2CCN(c3cccnn3)CC2)cc1. The molecule has 0 bridgehead atoms. The molecule has 1 N–H and O–H groups in total. The summed E-state index contributed by atoms with van der Waals surface area (Å²) >= 11 is 0. The van der Waals surface area contributed by atoms with Gasteiger partial charge in [-0.1, -0.05) is 35.5 Å². The van der Waals surface area contributed by atoms with Crippen molar-refractivity contribution in [3.05, 3.63) is 66.1 Å². The molecule has 1 saturated heterocycles. The lowest BCUT2D eigenvalue weighted by Gasteiger charge is -2.32. The molecule has 7 heteroatoms. The molecule has 3 heterocycles. The molecular weight excluding hydrogens is 326 g/mol. The van der Waals surface area contributed by atoms with Crippen molar-refractivity contribution in [3.8, 4) is 0 Å². The van der Waals surface area contributed by atoms with E-state index in [1.54, 1.807) is 6.20 Å². The molecule has 1 aliphatic rings. The Labute approximate surface area is 153 Å².